The fourth-order valence-electron chi connectivity index (χ4n) is 2.49. The van der Waals surface area contributed by atoms with Crippen LogP contribution in [-0.2, 0) is 6.54 Å². The Bertz CT molecular complexity index is 751. The van der Waals surface area contributed by atoms with E-state index < -0.39 is 0 Å². The summed E-state index contributed by atoms with van der Waals surface area (Å²) >= 11 is 0. The lowest BCUT2D eigenvalue weighted by molar-refractivity contribution is 0.222. The van der Waals surface area contributed by atoms with E-state index in [9.17, 15) is 0 Å². The molecule has 0 saturated carbocycles. The molecule has 0 amide bonds. The van der Waals surface area contributed by atoms with Gasteiger partial charge in [-0.3, -0.25) is 0 Å². The maximum absolute atomic E-state index is 6.02. The minimum atomic E-state index is 0. The third-order valence-corrected chi connectivity index (χ3v) is 3.97. The summed E-state index contributed by atoms with van der Waals surface area (Å²) in [6.45, 7) is 8.12. The number of benzene rings is 1. The van der Waals surface area contributed by atoms with Crippen molar-refractivity contribution in [2.45, 2.75) is 33.4 Å². The Morgan fingerprint density at radius 3 is 2.57 bits per heavy atom. The molecule has 154 valence electrons. The molecule has 1 heterocycles. The second kappa shape index (κ2) is 12.4. The van der Waals surface area contributed by atoms with Crippen LogP contribution < -0.4 is 20.3 Å². The Morgan fingerprint density at radius 1 is 1.14 bits per heavy atom. The Kier molecular flexibility index (Phi) is 10.7. The zero-order valence-electron chi connectivity index (χ0n) is 17.4. The van der Waals surface area contributed by atoms with Crippen molar-refractivity contribution in [2.24, 2.45) is 4.99 Å². The highest BCUT2D eigenvalue weighted by molar-refractivity contribution is 14.0. The molecular formula is C21H32IN5O. The number of nitrogens with zero attached hydrogens (tertiary/aromatic N) is 3. The van der Waals surface area contributed by atoms with Crippen LogP contribution >= 0.6 is 24.0 Å². The van der Waals surface area contributed by atoms with Gasteiger partial charge in [-0.1, -0.05) is 24.3 Å². The fraction of sp³-hybridized carbons (Fsp3) is 0.429. The van der Waals surface area contributed by atoms with Gasteiger partial charge in [0.2, 0.25) is 0 Å². The molecule has 6 nitrogen and oxygen atoms in total. The first-order valence-electron chi connectivity index (χ1n) is 9.37. The second-order valence-electron chi connectivity index (χ2n) is 6.65. The van der Waals surface area contributed by atoms with E-state index in [-0.39, 0.29) is 30.1 Å². The minimum Gasteiger partial charge on any atom is -0.489 e. The van der Waals surface area contributed by atoms with Crippen LogP contribution in [-0.4, -0.2) is 44.2 Å². The Morgan fingerprint density at radius 2 is 1.89 bits per heavy atom. The molecule has 0 aliphatic heterocycles. The first-order valence-corrected chi connectivity index (χ1v) is 9.37. The number of aliphatic imine (C=N–C) groups is 1. The van der Waals surface area contributed by atoms with Crippen LogP contribution in [0.25, 0.3) is 0 Å². The first kappa shape index (κ1) is 24.0. The predicted octanol–water partition coefficient (Wildman–Crippen LogP) is 3.60. The quantitative estimate of drug-likeness (QED) is 0.332. The number of guanidine groups is 1. The summed E-state index contributed by atoms with van der Waals surface area (Å²) < 4.78 is 6.02. The van der Waals surface area contributed by atoms with Crippen LogP contribution in [0.1, 0.15) is 25.1 Å². The van der Waals surface area contributed by atoms with Crippen molar-refractivity contribution in [1.29, 1.82) is 0 Å². The minimum absolute atomic E-state index is 0. The molecule has 1 unspecified atom stereocenters. The zero-order valence-corrected chi connectivity index (χ0v) is 19.7. The number of hydrogen-bond donors (Lipinski definition) is 2. The number of aromatic nitrogens is 1. The topological polar surface area (TPSA) is 61.8 Å². The number of rotatable bonds is 8. The molecule has 0 spiro atoms. The monoisotopic (exact) mass is 497 g/mol. The molecular weight excluding hydrogens is 465 g/mol. The summed E-state index contributed by atoms with van der Waals surface area (Å²) in [6, 6.07) is 14.0. The maximum atomic E-state index is 6.02. The lowest BCUT2D eigenvalue weighted by Crippen LogP contribution is -2.41. The van der Waals surface area contributed by atoms with E-state index in [2.05, 4.69) is 40.5 Å². The highest BCUT2D eigenvalue weighted by Gasteiger charge is 2.07. The van der Waals surface area contributed by atoms with Crippen LogP contribution in [0.3, 0.4) is 0 Å². The molecule has 28 heavy (non-hydrogen) atoms. The Labute approximate surface area is 185 Å². The van der Waals surface area contributed by atoms with Crippen LogP contribution in [0.5, 0.6) is 5.75 Å². The summed E-state index contributed by atoms with van der Waals surface area (Å²) in [6.07, 6.45) is 0.0187. The SMILES string of the molecule is CCNC(=NCc1cccc(N(C)C)n1)NCC(C)Oc1ccccc1C.I. The molecule has 0 aliphatic carbocycles. The van der Waals surface area contributed by atoms with Gasteiger partial charge in [-0.25, -0.2) is 9.98 Å². The van der Waals surface area contributed by atoms with Gasteiger partial charge in [0, 0.05) is 20.6 Å². The van der Waals surface area contributed by atoms with Gasteiger partial charge in [0.1, 0.15) is 17.7 Å². The molecule has 2 N–H and O–H groups in total. The van der Waals surface area contributed by atoms with E-state index in [1.165, 1.54) is 0 Å². The van der Waals surface area contributed by atoms with Gasteiger partial charge in [-0.15, -0.1) is 24.0 Å². The van der Waals surface area contributed by atoms with E-state index >= 15 is 0 Å². The number of anilines is 1. The third-order valence-electron chi connectivity index (χ3n) is 3.97. The van der Waals surface area contributed by atoms with Crippen LogP contribution in [0.4, 0.5) is 5.82 Å². The highest BCUT2D eigenvalue weighted by Crippen LogP contribution is 2.17. The van der Waals surface area contributed by atoms with E-state index in [0.717, 1.165) is 35.3 Å². The molecule has 0 saturated heterocycles. The molecule has 0 fully saturated rings. The predicted molar refractivity (Wildman–Crippen MR) is 128 cm³/mol. The van der Waals surface area contributed by atoms with E-state index in [4.69, 9.17) is 4.74 Å². The summed E-state index contributed by atoms with van der Waals surface area (Å²) in [4.78, 5) is 11.2. The number of nitrogens with one attached hydrogen (secondary N) is 2. The number of para-hydroxylation sites is 1. The van der Waals surface area contributed by atoms with Gasteiger partial charge in [-0.05, 0) is 44.5 Å². The van der Waals surface area contributed by atoms with E-state index in [1.54, 1.807) is 0 Å². The summed E-state index contributed by atoms with van der Waals surface area (Å²) in [5.74, 6) is 2.61. The molecule has 1 aromatic carbocycles. The summed E-state index contributed by atoms with van der Waals surface area (Å²) in [5, 5.41) is 6.61. The van der Waals surface area contributed by atoms with E-state index in [1.807, 2.05) is 62.3 Å². The Hall–Kier alpha value is -2.03. The van der Waals surface area contributed by atoms with Crippen molar-refractivity contribution < 1.29 is 4.74 Å². The lowest BCUT2D eigenvalue weighted by atomic mass is 10.2. The molecule has 0 aliphatic rings. The van der Waals surface area contributed by atoms with Crippen molar-refractivity contribution in [2.75, 3.05) is 32.1 Å². The fourth-order valence-corrected chi connectivity index (χ4v) is 2.49. The summed E-state index contributed by atoms with van der Waals surface area (Å²) in [7, 11) is 3.97. The van der Waals surface area contributed by atoms with Crippen LogP contribution in [0.15, 0.2) is 47.5 Å². The van der Waals surface area contributed by atoms with Gasteiger partial charge in [-0.2, -0.15) is 0 Å². The molecule has 1 atom stereocenters. The smallest absolute Gasteiger partial charge is 0.191 e. The van der Waals surface area contributed by atoms with Crippen molar-refractivity contribution in [3.63, 3.8) is 0 Å². The van der Waals surface area contributed by atoms with Gasteiger partial charge in [0.25, 0.3) is 0 Å². The van der Waals surface area contributed by atoms with Crippen molar-refractivity contribution in [1.82, 2.24) is 15.6 Å². The second-order valence-corrected chi connectivity index (χ2v) is 6.65. The van der Waals surface area contributed by atoms with Gasteiger partial charge < -0.3 is 20.3 Å². The van der Waals surface area contributed by atoms with Gasteiger partial charge >= 0.3 is 0 Å². The third kappa shape index (κ3) is 7.92. The standard InChI is InChI=1S/C21H31N5O.HI/c1-6-22-21(24-15-18-11-9-13-20(25-18)26(4)5)23-14-17(3)27-19-12-8-7-10-16(19)2;/h7-13,17H,6,14-15H2,1-5H3,(H2,22,23,24);1H. The van der Waals surface area contributed by atoms with Gasteiger partial charge in [0.15, 0.2) is 5.96 Å². The molecule has 0 bridgehead atoms. The Balaban J connectivity index is 0.00000392. The van der Waals surface area contributed by atoms with E-state index in [0.29, 0.717) is 13.1 Å². The number of ether oxygens (including phenoxy) is 1. The van der Waals surface area contributed by atoms with Crippen molar-refractivity contribution in [3.8, 4) is 5.75 Å². The number of pyridine rings is 1. The molecule has 0 radical (unpaired) electrons. The first-order chi connectivity index (χ1) is 13.0. The molecule has 2 aromatic rings. The normalized spacial score (nSPS) is 12.0. The molecule has 2 rings (SSSR count). The van der Waals surface area contributed by atoms with Gasteiger partial charge in [0.05, 0.1) is 18.8 Å². The summed E-state index contributed by atoms with van der Waals surface area (Å²) in [5.41, 5.74) is 2.07. The van der Waals surface area contributed by atoms with Crippen LogP contribution in [0, 0.1) is 6.92 Å². The largest absolute Gasteiger partial charge is 0.489 e. The maximum Gasteiger partial charge on any atom is 0.191 e. The number of aryl methyl sites for hydroxylation is 1. The molecule has 7 heteroatoms. The number of hydrogen-bond acceptors (Lipinski definition) is 4. The zero-order chi connectivity index (χ0) is 19.6. The van der Waals surface area contributed by atoms with Crippen molar-refractivity contribution >= 4 is 35.8 Å². The lowest BCUT2D eigenvalue weighted by Gasteiger charge is -2.18. The van der Waals surface area contributed by atoms with Crippen molar-refractivity contribution in [3.05, 3.63) is 53.7 Å². The average Bonchev–Trinajstić information content (AvgIpc) is 2.66. The highest BCUT2D eigenvalue weighted by atomic mass is 127. The number of halogens is 1. The molecule has 1 aromatic heterocycles. The van der Waals surface area contributed by atoms with Crippen LogP contribution in [0.2, 0.25) is 0 Å². The average molecular weight is 497 g/mol.